The maximum Gasteiger partial charge on any atom is 1.00 e. The quantitative estimate of drug-likeness (QED) is 0.304. The van der Waals surface area contributed by atoms with E-state index in [0.29, 0.717) is 0 Å². The number of carboxylic acid groups (broad SMARTS) is 1. The second-order valence-corrected chi connectivity index (χ2v) is 1.62. The van der Waals surface area contributed by atoms with Crippen LogP contribution in [0.25, 0.3) is 0 Å². The Balaban J connectivity index is 0. The minimum Gasteiger partial charge on any atom is -1.00 e. The molecule has 9 heavy (non-hydrogen) atoms. The molecule has 1 rings (SSSR count). The van der Waals surface area contributed by atoms with Crippen LogP contribution in [0.5, 0.6) is 0 Å². The van der Waals surface area contributed by atoms with Crippen LogP contribution in [0.1, 0.15) is 1.43 Å². The van der Waals surface area contributed by atoms with Crippen molar-refractivity contribution in [3.8, 4) is 0 Å². The van der Waals surface area contributed by atoms with Crippen molar-refractivity contribution in [3.05, 3.63) is 0 Å². The molecule has 0 unspecified atom stereocenters. The van der Waals surface area contributed by atoms with Crippen molar-refractivity contribution in [2.45, 2.75) is 12.2 Å². The van der Waals surface area contributed by atoms with Crippen LogP contribution in [-0.4, -0.2) is 35.0 Å². The van der Waals surface area contributed by atoms with Crippen molar-refractivity contribution in [2.24, 2.45) is 0 Å². The zero-order chi connectivity index (χ0) is 6.15. The van der Waals surface area contributed by atoms with Gasteiger partial charge in [0.05, 0.1) is 6.61 Å². The summed E-state index contributed by atoms with van der Waals surface area (Å²) >= 11 is 0. The zero-order valence-corrected chi connectivity index (χ0v) is 7.07. The van der Waals surface area contributed by atoms with E-state index in [2.05, 4.69) is 4.74 Å². The Morgan fingerprint density at radius 3 is 2.44 bits per heavy atom. The molecular weight excluding hydrogens is 135 g/mol. The number of hydrogen-bond acceptors (Lipinski definition) is 3. The summed E-state index contributed by atoms with van der Waals surface area (Å²) in [5, 5.41) is 16.4. The third kappa shape index (κ3) is 2.23. The fourth-order valence-corrected chi connectivity index (χ4v) is 0.499. The molecule has 4 nitrogen and oxygen atoms in total. The third-order valence-electron chi connectivity index (χ3n) is 1.01. The van der Waals surface area contributed by atoms with Gasteiger partial charge in [-0.2, -0.15) is 0 Å². The van der Waals surface area contributed by atoms with E-state index < -0.39 is 18.2 Å². The second-order valence-electron chi connectivity index (χ2n) is 1.62. The van der Waals surface area contributed by atoms with Crippen molar-refractivity contribution >= 4 is 5.97 Å². The molecule has 1 saturated heterocycles. The Labute approximate surface area is 75.6 Å². The number of aliphatic carboxylic acids is 1. The molecule has 1 fully saturated rings. The number of epoxide rings is 1. The summed E-state index contributed by atoms with van der Waals surface area (Å²) in [5.74, 6) is -0.996. The summed E-state index contributed by atoms with van der Waals surface area (Å²) in [6.07, 6.45) is -1.20. The van der Waals surface area contributed by atoms with Gasteiger partial charge in [-0.1, -0.05) is 0 Å². The van der Waals surface area contributed by atoms with Crippen LogP contribution < -0.4 is 29.6 Å². The van der Waals surface area contributed by atoms with Gasteiger partial charge in [0.15, 0.2) is 6.10 Å². The fraction of sp³-hybridized carbons (Fsp3) is 0.750. The molecule has 0 saturated carbocycles. The van der Waals surface area contributed by atoms with Crippen LogP contribution in [0.15, 0.2) is 0 Å². The van der Waals surface area contributed by atoms with Crippen molar-refractivity contribution in [1.29, 1.82) is 0 Å². The van der Waals surface area contributed by atoms with Crippen LogP contribution in [-0.2, 0) is 9.53 Å². The van der Waals surface area contributed by atoms with E-state index in [4.69, 9.17) is 10.2 Å². The van der Waals surface area contributed by atoms with Crippen molar-refractivity contribution in [3.63, 3.8) is 0 Å². The molecule has 0 aromatic rings. The molecule has 5 heteroatoms. The van der Waals surface area contributed by atoms with Crippen LogP contribution >= 0.6 is 0 Å². The number of hydrogen-bond donors (Lipinski definition) is 2. The van der Waals surface area contributed by atoms with Gasteiger partial charge < -0.3 is 16.4 Å². The summed E-state index contributed by atoms with van der Waals surface area (Å²) in [6, 6.07) is 0. The number of ether oxygens (including phenoxy) is 1. The molecule has 0 aliphatic carbocycles. The predicted molar refractivity (Wildman–Crippen MR) is 24.5 cm³/mol. The minimum atomic E-state index is -0.996. The van der Waals surface area contributed by atoms with Gasteiger partial charge in [-0.05, 0) is 0 Å². The number of rotatable bonds is 2. The molecule has 1 aliphatic heterocycles. The van der Waals surface area contributed by atoms with E-state index in [1.807, 2.05) is 0 Å². The van der Waals surface area contributed by atoms with Gasteiger partial charge in [0, 0.05) is 0 Å². The maximum atomic E-state index is 9.89. The molecule has 2 N–H and O–H groups in total. The predicted octanol–water partition coefficient (Wildman–Crippen LogP) is -4.05. The standard InChI is InChI=1S/C4H6O4.Na.H/c5-1-2-3(8-2)4(6)7;;/h2-3,5H,1H2,(H,6,7);;/q;+1;-1/t2-,3-;;/m0../s1. The molecule has 1 aliphatic rings. The van der Waals surface area contributed by atoms with Crippen molar-refractivity contribution in [2.75, 3.05) is 6.61 Å². The van der Waals surface area contributed by atoms with E-state index in [9.17, 15) is 4.79 Å². The van der Waals surface area contributed by atoms with Crippen molar-refractivity contribution in [1.82, 2.24) is 0 Å². The van der Waals surface area contributed by atoms with Crippen LogP contribution in [0.2, 0.25) is 0 Å². The molecule has 0 radical (unpaired) electrons. The van der Waals surface area contributed by atoms with Crippen molar-refractivity contribution < 1.29 is 50.7 Å². The number of aliphatic hydroxyl groups excluding tert-OH is 1. The van der Waals surface area contributed by atoms with E-state index in [-0.39, 0.29) is 37.6 Å². The van der Waals surface area contributed by atoms with Gasteiger partial charge in [-0.15, -0.1) is 0 Å². The van der Waals surface area contributed by atoms with Crippen LogP contribution in [0.3, 0.4) is 0 Å². The first-order valence-electron chi connectivity index (χ1n) is 2.25. The SMILES string of the molecule is O=C(O)[C@H]1O[C@H]1CO.[H-].[Na+]. The minimum absolute atomic E-state index is 0. The zero-order valence-electron chi connectivity index (χ0n) is 6.07. The first-order chi connectivity index (χ1) is 3.75. The Bertz CT molecular complexity index is 120. The van der Waals surface area contributed by atoms with Crippen LogP contribution in [0.4, 0.5) is 0 Å². The van der Waals surface area contributed by atoms with E-state index >= 15 is 0 Å². The second kappa shape index (κ2) is 3.53. The normalized spacial score (nSPS) is 30.8. The van der Waals surface area contributed by atoms with Gasteiger partial charge in [-0.25, -0.2) is 4.79 Å². The van der Waals surface area contributed by atoms with Crippen LogP contribution in [0, 0.1) is 0 Å². The van der Waals surface area contributed by atoms with Gasteiger partial charge in [0.1, 0.15) is 6.10 Å². The molecule has 0 aromatic heterocycles. The Hall–Kier alpha value is 0.390. The topological polar surface area (TPSA) is 70.1 Å². The number of carboxylic acids is 1. The third-order valence-corrected chi connectivity index (χ3v) is 1.01. The first-order valence-corrected chi connectivity index (χ1v) is 2.25. The Kier molecular flexibility index (Phi) is 3.68. The Morgan fingerprint density at radius 1 is 1.78 bits per heavy atom. The Morgan fingerprint density at radius 2 is 2.33 bits per heavy atom. The van der Waals surface area contributed by atoms with E-state index in [1.54, 1.807) is 0 Å². The fourth-order valence-electron chi connectivity index (χ4n) is 0.499. The maximum absolute atomic E-state index is 9.89. The largest absolute Gasteiger partial charge is 1.00 e. The van der Waals surface area contributed by atoms with Gasteiger partial charge in [0.2, 0.25) is 0 Å². The molecule has 2 atom stereocenters. The summed E-state index contributed by atoms with van der Waals surface area (Å²) in [6.45, 7) is -0.197. The smallest absolute Gasteiger partial charge is 1.00 e. The van der Waals surface area contributed by atoms with Gasteiger partial charge >= 0.3 is 35.5 Å². The van der Waals surface area contributed by atoms with E-state index in [0.717, 1.165) is 0 Å². The monoisotopic (exact) mass is 142 g/mol. The molecule has 0 spiro atoms. The number of aliphatic hydroxyl groups is 1. The average molecular weight is 142 g/mol. The summed E-state index contributed by atoms with van der Waals surface area (Å²) in [5.41, 5.74) is 0. The van der Waals surface area contributed by atoms with Gasteiger partial charge in [0.25, 0.3) is 0 Å². The van der Waals surface area contributed by atoms with E-state index in [1.165, 1.54) is 0 Å². The molecule has 48 valence electrons. The average Bonchev–Trinajstić information content (AvgIpc) is 2.42. The molecular formula is C4H7NaO4. The number of carbonyl (C=O) groups is 1. The molecule has 1 heterocycles. The summed E-state index contributed by atoms with van der Waals surface area (Å²) < 4.78 is 4.48. The molecule has 0 amide bonds. The summed E-state index contributed by atoms with van der Waals surface area (Å²) in [4.78, 5) is 9.89. The first kappa shape index (κ1) is 9.39. The molecule has 0 bridgehead atoms. The molecule has 0 aromatic carbocycles. The summed E-state index contributed by atoms with van der Waals surface area (Å²) in [7, 11) is 0. The van der Waals surface area contributed by atoms with Gasteiger partial charge in [-0.3, -0.25) is 0 Å².